The van der Waals surface area contributed by atoms with E-state index in [0.717, 1.165) is 25.0 Å². The molecule has 1 aliphatic carbocycles. The van der Waals surface area contributed by atoms with Crippen molar-refractivity contribution in [3.63, 3.8) is 0 Å². The van der Waals surface area contributed by atoms with Crippen molar-refractivity contribution in [1.29, 1.82) is 5.26 Å². The van der Waals surface area contributed by atoms with Crippen molar-refractivity contribution in [3.8, 4) is 6.07 Å². The summed E-state index contributed by atoms with van der Waals surface area (Å²) in [7, 11) is 0. The summed E-state index contributed by atoms with van der Waals surface area (Å²) in [6.45, 7) is 2.26. The molecule has 2 heterocycles. The summed E-state index contributed by atoms with van der Waals surface area (Å²) >= 11 is 1.24. The number of hydrogen-bond acceptors (Lipinski definition) is 5. The third kappa shape index (κ3) is 1.55. The van der Waals surface area contributed by atoms with Gasteiger partial charge in [0.05, 0.1) is 28.9 Å². The van der Waals surface area contributed by atoms with Gasteiger partial charge in [0.2, 0.25) is 0 Å². The minimum Gasteiger partial charge on any atom is -0.297 e. The van der Waals surface area contributed by atoms with E-state index in [4.69, 9.17) is 0 Å². The Morgan fingerprint density at radius 3 is 3.00 bits per heavy atom. The highest BCUT2D eigenvalue weighted by Gasteiger charge is 2.38. The third-order valence-corrected chi connectivity index (χ3v) is 4.50. The molecule has 92 valence electrons. The van der Waals surface area contributed by atoms with E-state index in [2.05, 4.69) is 15.4 Å². The summed E-state index contributed by atoms with van der Waals surface area (Å²) in [6.07, 6.45) is 4.35. The van der Waals surface area contributed by atoms with Crippen LogP contribution in [-0.4, -0.2) is 13.9 Å². The normalized spacial score (nSPS) is 17.3. The molecule has 1 saturated carbocycles. The number of hydrogen-bond donors (Lipinski definition) is 0. The van der Waals surface area contributed by atoms with Crippen LogP contribution in [0.2, 0.25) is 0 Å². The zero-order valence-corrected chi connectivity index (χ0v) is 10.8. The standard InChI is InChI=1S/C12H12N4OS/c1-8-9-10(18-15-8)14-7-16(11(9)17)6-12(5-13)3-2-4-12/h7H,2-4,6H2,1H3. The van der Waals surface area contributed by atoms with Crippen LogP contribution < -0.4 is 5.56 Å². The lowest BCUT2D eigenvalue weighted by molar-refractivity contribution is 0.179. The summed E-state index contributed by atoms with van der Waals surface area (Å²) in [5.41, 5.74) is 0.283. The molecule has 0 N–H and O–H groups in total. The monoisotopic (exact) mass is 260 g/mol. The molecule has 2 aromatic rings. The first-order valence-corrected chi connectivity index (χ1v) is 6.65. The Morgan fingerprint density at radius 1 is 1.61 bits per heavy atom. The first-order valence-electron chi connectivity index (χ1n) is 5.88. The number of fused-ring (bicyclic) bond motifs is 1. The van der Waals surface area contributed by atoms with Crippen LogP contribution in [0.3, 0.4) is 0 Å². The molecule has 1 fully saturated rings. The van der Waals surface area contributed by atoms with Crippen molar-refractivity contribution in [3.05, 3.63) is 22.4 Å². The number of nitriles is 1. The van der Waals surface area contributed by atoms with Gasteiger partial charge in [0.15, 0.2) is 4.83 Å². The molecular formula is C12H12N4OS. The molecule has 0 spiro atoms. The number of rotatable bonds is 2. The highest BCUT2D eigenvalue weighted by Crippen LogP contribution is 2.41. The maximum absolute atomic E-state index is 12.3. The van der Waals surface area contributed by atoms with Gasteiger partial charge in [-0.05, 0) is 31.3 Å². The summed E-state index contributed by atoms with van der Waals surface area (Å²) in [5, 5.41) is 9.81. The number of nitrogens with zero attached hydrogens (tertiary/aromatic N) is 4. The van der Waals surface area contributed by atoms with Gasteiger partial charge in [-0.15, -0.1) is 0 Å². The molecule has 0 atom stereocenters. The molecule has 1 aliphatic rings. The smallest absolute Gasteiger partial charge is 0.264 e. The fourth-order valence-corrected chi connectivity index (χ4v) is 3.09. The average molecular weight is 260 g/mol. The Kier molecular flexibility index (Phi) is 2.45. The van der Waals surface area contributed by atoms with E-state index in [9.17, 15) is 10.1 Å². The average Bonchev–Trinajstić information content (AvgIpc) is 2.69. The Balaban J connectivity index is 2.08. The van der Waals surface area contributed by atoms with E-state index < -0.39 is 0 Å². The van der Waals surface area contributed by atoms with E-state index in [1.54, 1.807) is 10.9 Å². The lowest BCUT2D eigenvalue weighted by Gasteiger charge is -2.35. The van der Waals surface area contributed by atoms with Crippen LogP contribution in [0.25, 0.3) is 10.2 Å². The molecule has 6 heteroatoms. The van der Waals surface area contributed by atoms with Crippen LogP contribution in [0, 0.1) is 23.7 Å². The van der Waals surface area contributed by atoms with Gasteiger partial charge in [-0.1, -0.05) is 6.42 Å². The van der Waals surface area contributed by atoms with Gasteiger partial charge >= 0.3 is 0 Å². The molecule has 18 heavy (non-hydrogen) atoms. The largest absolute Gasteiger partial charge is 0.297 e. The Hall–Kier alpha value is -1.74. The van der Waals surface area contributed by atoms with Crippen LogP contribution in [0.15, 0.2) is 11.1 Å². The topological polar surface area (TPSA) is 71.6 Å². The van der Waals surface area contributed by atoms with Gasteiger partial charge in [0, 0.05) is 6.54 Å². The maximum Gasteiger partial charge on any atom is 0.264 e. The van der Waals surface area contributed by atoms with Gasteiger partial charge in [0.1, 0.15) is 0 Å². The molecule has 0 aliphatic heterocycles. The summed E-state index contributed by atoms with van der Waals surface area (Å²) in [5.74, 6) is 0. The van der Waals surface area contributed by atoms with Crippen molar-refractivity contribution in [2.45, 2.75) is 32.7 Å². The molecular weight excluding hydrogens is 248 g/mol. The number of aromatic nitrogens is 3. The van der Waals surface area contributed by atoms with Gasteiger partial charge in [-0.2, -0.15) is 9.64 Å². The Labute approximate surface area is 108 Å². The van der Waals surface area contributed by atoms with E-state index in [1.165, 1.54) is 11.5 Å². The summed E-state index contributed by atoms with van der Waals surface area (Å²) < 4.78 is 5.71. The highest BCUT2D eigenvalue weighted by molar-refractivity contribution is 7.12. The first-order chi connectivity index (χ1) is 8.65. The van der Waals surface area contributed by atoms with Crippen molar-refractivity contribution in [1.82, 2.24) is 13.9 Å². The molecule has 0 amide bonds. The lowest BCUT2D eigenvalue weighted by atomic mass is 9.70. The fourth-order valence-electron chi connectivity index (χ4n) is 2.36. The molecule has 0 saturated heterocycles. The number of aryl methyl sites for hydroxylation is 1. The van der Waals surface area contributed by atoms with E-state index in [1.807, 2.05) is 6.92 Å². The van der Waals surface area contributed by atoms with Gasteiger partial charge in [-0.25, -0.2) is 4.98 Å². The van der Waals surface area contributed by atoms with E-state index in [-0.39, 0.29) is 11.0 Å². The lowest BCUT2D eigenvalue weighted by Crippen LogP contribution is -2.36. The molecule has 0 bridgehead atoms. The molecule has 0 aromatic carbocycles. The van der Waals surface area contributed by atoms with Gasteiger partial charge in [0.25, 0.3) is 5.56 Å². The van der Waals surface area contributed by atoms with Crippen molar-refractivity contribution in [2.24, 2.45) is 5.41 Å². The molecule has 3 rings (SSSR count). The SMILES string of the molecule is Cc1nsc2ncn(CC3(C#N)CCC3)c(=O)c12. The van der Waals surface area contributed by atoms with Crippen LogP contribution in [0.4, 0.5) is 0 Å². The molecule has 0 unspecified atom stereocenters. The van der Waals surface area contributed by atoms with E-state index >= 15 is 0 Å². The zero-order chi connectivity index (χ0) is 12.8. The first kappa shape index (κ1) is 11.4. The van der Waals surface area contributed by atoms with Gasteiger partial charge < -0.3 is 0 Å². The quantitative estimate of drug-likeness (QED) is 0.826. The minimum atomic E-state index is -0.365. The second-order valence-electron chi connectivity index (χ2n) is 4.87. The Morgan fingerprint density at radius 2 is 2.39 bits per heavy atom. The predicted molar refractivity (Wildman–Crippen MR) is 68.3 cm³/mol. The summed E-state index contributed by atoms with van der Waals surface area (Å²) in [6, 6.07) is 2.35. The summed E-state index contributed by atoms with van der Waals surface area (Å²) in [4.78, 5) is 17.2. The van der Waals surface area contributed by atoms with E-state index in [0.29, 0.717) is 16.8 Å². The molecule has 5 nitrogen and oxygen atoms in total. The zero-order valence-electron chi connectivity index (χ0n) is 10.0. The van der Waals surface area contributed by atoms with Crippen molar-refractivity contribution in [2.75, 3.05) is 0 Å². The minimum absolute atomic E-state index is 0.0761. The molecule has 2 aromatic heterocycles. The van der Waals surface area contributed by atoms with Crippen LogP contribution in [0.1, 0.15) is 25.0 Å². The van der Waals surface area contributed by atoms with Crippen LogP contribution in [0.5, 0.6) is 0 Å². The van der Waals surface area contributed by atoms with Crippen LogP contribution in [-0.2, 0) is 6.54 Å². The molecule has 0 radical (unpaired) electrons. The fraction of sp³-hybridized carbons (Fsp3) is 0.500. The van der Waals surface area contributed by atoms with Crippen molar-refractivity contribution >= 4 is 21.7 Å². The Bertz CT molecular complexity index is 705. The predicted octanol–water partition coefficient (Wildman–Crippen LogP) is 1.86. The second-order valence-corrected chi connectivity index (χ2v) is 5.62. The maximum atomic E-state index is 12.3. The third-order valence-electron chi connectivity index (χ3n) is 3.65. The second kappa shape index (κ2) is 3.89. The highest BCUT2D eigenvalue weighted by atomic mass is 32.1. The van der Waals surface area contributed by atoms with Gasteiger partial charge in [-0.3, -0.25) is 9.36 Å². The van der Waals surface area contributed by atoms with Crippen LogP contribution >= 0.6 is 11.5 Å². The van der Waals surface area contributed by atoms with Crippen molar-refractivity contribution < 1.29 is 0 Å².